The van der Waals surface area contributed by atoms with Crippen LogP contribution >= 0.6 is 11.6 Å². The molecule has 19 heavy (non-hydrogen) atoms. The van der Waals surface area contributed by atoms with Crippen LogP contribution in [0.25, 0.3) is 0 Å². The Balaban J connectivity index is 2.65. The second-order valence-corrected chi connectivity index (χ2v) is 4.23. The molecule has 1 aromatic rings. The predicted octanol–water partition coefficient (Wildman–Crippen LogP) is 0.927. The van der Waals surface area contributed by atoms with E-state index in [4.69, 9.17) is 21.8 Å². The fraction of sp³-hybridized carbons (Fsp3) is 0.250. The Hall–Kier alpha value is -2.08. The average Bonchev–Trinajstić information content (AvgIpc) is 2.30. The number of rotatable bonds is 6. The maximum Gasteiger partial charge on any atom is 0.326 e. The van der Waals surface area contributed by atoms with Crippen molar-refractivity contribution in [3.63, 3.8) is 0 Å². The zero-order valence-electron chi connectivity index (χ0n) is 9.80. The number of carboxylic acids is 2. The molecular weight excluding hydrogens is 274 g/mol. The van der Waals surface area contributed by atoms with Crippen LogP contribution in [0.15, 0.2) is 24.3 Å². The fourth-order valence-corrected chi connectivity index (χ4v) is 1.64. The first-order chi connectivity index (χ1) is 8.90. The summed E-state index contributed by atoms with van der Waals surface area (Å²) in [5, 5.41) is 19.9. The van der Waals surface area contributed by atoms with E-state index in [9.17, 15) is 14.4 Å². The quantitative estimate of drug-likeness (QED) is 0.721. The second-order valence-electron chi connectivity index (χ2n) is 3.82. The Morgan fingerprint density at radius 1 is 1.21 bits per heavy atom. The molecule has 6 nitrogen and oxygen atoms in total. The number of amides is 1. The highest BCUT2D eigenvalue weighted by molar-refractivity contribution is 6.31. The van der Waals surface area contributed by atoms with Crippen molar-refractivity contribution in [1.82, 2.24) is 5.32 Å². The highest BCUT2D eigenvalue weighted by Gasteiger charge is 2.23. The molecule has 3 N–H and O–H groups in total. The van der Waals surface area contributed by atoms with Crippen LogP contribution in [0.1, 0.15) is 12.0 Å². The van der Waals surface area contributed by atoms with Crippen molar-refractivity contribution in [3.05, 3.63) is 34.9 Å². The van der Waals surface area contributed by atoms with E-state index in [1.165, 1.54) is 0 Å². The first kappa shape index (κ1) is 15.0. The molecule has 1 amide bonds. The Morgan fingerprint density at radius 2 is 1.84 bits per heavy atom. The van der Waals surface area contributed by atoms with Crippen molar-refractivity contribution in [1.29, 1.82) is 0 Å². The van der Waals surface area contributed by atoms with Crippen molar-refractivity contribution in [3.8, 4) is 0 Å². The van der Waals surface area contributed by atoms with Gasteiger partial charge in [0.15, 0.2) is 0 Å². The normalized spacial score (nSPS) is 11.6. The van der Waals surface area contributed by atoms with Crippen LogP contribution in [0.3, 0.4) is 0 Å². The van der Waals surface area contributed by atoms with Gasteiger partial charge in [0, 0.05) is 5.02 Å². The lowest BCUT2D eigenvalue weighted by atomic mass is 10.1. The monoisotopic (exact) mass is 285 g/mol. The van der Waals surface area contributed by atoms with Crippen molar-refractivity contribution in [2.75, 3.05) is 0 Å². The summed E-state index contributed by atoms with van der Waals surface area (Å²) in [6.45, 7) is 0. The van der Waals surface area contributed by atoms with Crippen molar-refractivity contribution in [2.24, 2.45) is 0 Å². The molecule has 0 aromatic heterocycles. The first-order valence-electron chi connectivity index (χ1n) is 5.37. The third kappa shape index (κ3) is 4.97. The van der Waals surface area contributed by atoms with Crippen molar-refractivity contribution < 1.29 is 24.6 Å². The molecule has 0 aliphatic heterocycles. The molecule has 0 fully saturated rings. The molecule has 0 aliphatic rings. The number of halogens is 1. The largest absolute Gasteiger partial charge is 0.481 e. The van der Waals surface area contributed by atoms with Crippen molar-refractivity contribution >= 4 is 29.4 Å². The zero-order chi connectivity index (χ0) is 14.4. The topological polar surface area (TPSA) is 104 Å². The Morgan fingerprint density at radius 3 is 2.37 bits per heavy atom. The van der Waals surface area contributed by atoms with Crippen LogP contribution in [-0.4, -0.2) is 34.1 Å². The highest BCUT2D eigenvalue weighted by Crippen LogP contribution is 2.15. The lowest BCUT2D eigenvalue weighted by Gasteiger charge is -2.12. The van der Waals surface area contributed by atoms with Crippen LogP contribution in [-0.2, 0) is 20.8 Å². The van der Waals surface area contributed by atoms with E-state index in [2.05, 4.69) is 5.32 Å². The number of benzene rings is 1. The lowest BCUT2D eigenvalue weighted by molar-refractivity contribution is -0.147. The first-order valence-corrected chi connectivity index (χ1v) is 5.75. The van der Waals surface area contributed by atoms with Crippen LogP contribution in [0.2, 0.25) is 5.02 Å². The van der Waals surface area contributed by atoms with E-state index in [0.29, 0.717) is 10.6 Å². The number of hydrogen-bond donors (Lipinski definition) is 3. The maximum atomic E-state index is 11.6. The van der Waals surface area contributed by atoms with Gasteiger partial charge in [0.25, 0.3) is 0 Å². The third-order valence-electron chi connectivity index (χ3n) is 2.32. The van der Waals surface area contributed by atoms with Gasteiger partial charge in [-0.25, -0.2) is 4.79 Å². The summed E-state index contributed by atoms with van der Waals surface area (Å²) in [6, 6.07) is 5.19. The summed E-state index contributed by atoms with van der Waals surface area (Å²) in [6.07, 6.45) is -0.785. The molecule has 1 aromatic carbocycles. The molecule has 0 saturated carbocycles. The lowest BCUT2D eigenvalue weighted by Crippen LogP contribution is -2.42. The summed E-state index contributed by atoms with van der Waals surface area (Å²) < 4.78 is 0. The molecule has 0 bridgehead atoms. The van der Waals surface area contributed by atoms with Gasteiger partial charge in [-0.1, -0.05) is 29.8 Å². The molecule has 1 rings (SSSR count). The van der Waals surface area contributed by atoms with Crippen molar-refractivity contribution in [2.45, 2.75) is 18.9 Å². The fourth-order valence-electron chi connectivity index (χ4n) is 1.43. The van der Waals surface area contributed by atoms with Gasteiger partial charge in [0.05, 0.1) is 12.8 Å². The molecule has 7 heteroatoms. The number of hydrogen-bond acceptors (Lipinski definition) is 3. The number of carbonyl (C=O) groups excluding carboxylic acids is 1. The minimum Gasteiger partial charge on any atom is -0.481 e. The molecule has 0 unspecified atom stereocenters. The van der Waals surface area contributed by atoms with E-state index in [1.54, 1.807) is 24.3 Å². The molecule has 0 spiro atoms. The molecule has 0 saturated heterocycles. The van der Waals surface area contributed by atoms with E-state index < -0.39 is 30.3 Å². The molecule has 0 heterocycles. The summed E-state index contributed by atoms with van der Waals surface area (Å²) in [5.41, 5.74) is 0.543. The smallest absolute Gasteiger partial charge is 0.326 e. The second kappa shape index (κ2) is 6.75. The van der Waals surface area contributed by atoms with E-state index in [1.807, 2.05) is 0 Å². The number of carbonyl (C=O) groups is 3. The average molecular weight is 286 g/mol. The maximum absolute atomic E-state index is 11.6. The van der Waals surface area contributed by atoms with E-state index in [0.717, 1.165) is 0 Å². The molecule has 0 aliphatic carbocycles. The number of aliphatic carboxylic acids is 2. The molecule has 1 atom stereocenters. The summed E-state index contributed by atoms with van der Waals surface area (Å²) in [5.74, 6) is -3.29. The van der Waals surface area contributed by atoms with Crippen LogP contribution in [0.4, 0.5) is 0 Å². The minimum atomic E-state index is -1.45. The van der Waals surface area contributed by atoms with Gasteiger partial charge in [0.2, 0.25) is 5.91 Å². The highest BCUT2D eigenvalue weighted by atomic mass is 35.5. The minimum absolute atomic E-state index is 0.108. The summed E-state index contributed by atoms with van der Waals surface area (Å²) in [4.78, 5) is 32.9. The van der Waals surface area contributed by atoms with Crippen LogP contribution in [0, 0.1) is 0 Å². The number of carboxylic acid groups (broad SMARTS) is 2. The van der Waals surface area contributed by atoms with E-state index >= 15 is 0 Å². The zero-order valence-corrected chi connectivity index (χ0v) is 10.6. The molecule has 102 valence electrons. The van der Waals surface area contributed by atoms with E-state index in [-0.39, 0.29) is 6.42 Å². The van der Waals surface area contributed by atoms with Crippen LogP contribution < -0.4 is 5.32 Å². The third-order valence-corrected chi connectivity index (χ3v) is 2.69. The molecule has 0 radical (unpaired) electrons. The Labute approximate surface area is 114 Å². The SMILES string of the molecule is O=C(O)C[C@@H](NC(=O)Cc1ccccc1Cl)C(=O)O. The van der Waals surface area contributed by atoms with Crippen LogP contribution in [0.5, 0.6) is 0 Å². The van der Waals surface area contributed by atoms with Gasteiger partial charge in [-0.3, -0.25) is 9.59 Å². The van der Waals surface area contributed by atoms with Gasteiger partial charge in [0.1, 0.15) is 6.04 Å². The van der Waals surface area contributed by atoms with Gasteiger partial charge in [-0.05, 0) is 11.6 Å². The Bertz CT molecular complexity index is 503. The molecular formula is C12H12ClNO5. The number of nitrogens with one attached hydrogen (secondary N) is 1. The van der Waals surface area contributed by atoms with Gasteiger partial charge in [-0.2, -0.15) is 0 Å². The standard InChI is InChI=1S/C12H12ClNO5/c13-8-4-2-1-3-7(8)5-10(15)14-9(12(18)19)6-11(16)17/h1-4,9H,5-6H2,(H,14,15)(H,16,17)(H,18,19)/t9-/m1/s1. The predicted molar refractivity (Wildman–Crippen MR) is 67.0 cm³/mol. The summed E-state index contributed by atoms with van der Waals surface area (Å²) >= 11 is 5.86. The van der Waals surface area contributed by atoms with Gasteiger partial charge in [-0.15, -0.1) is 0 Å². The van der Waals surface area contributed by atoms with Gasteiger partial charge >= 0.3 is 11.9 Å². The van der Waals surface area contributed by atoms with Gasteiger partial charge < -0.3 is 15.5 Å². The Kier molecular flexibility index (Phi) is 5.32. The summed E-state index contributed by atoms with van der Waals surface area (Å²) in [7, 11) is 0.